The Morgan fingerprint density at radius 3 is 2.30 bits per heavy atom. The van der Waals surface area contributed by atoms with E-state index < -0.39 is 82.8 Å². The van der Waals surface area contributed by atoms with Crippen molar-refractivity contribution in [1.82, 2.24) is 10.6 Å². The molecule has 0 aliphatic carbocycles. The molecule has 228 valence electrons. The van der Waals surface area contributed by atoms with Gasteiger partial charge in [0.2, 0.25) is 11.8 Å². The van der Waals surface area contributed by atoms with Crippen molar-refractivity contribution in [3.05, 3.63) is 100 Å². The van der Waals surface area contributed by atoms with Crippen LogP contribution in [0, 0.1) is 23.3 Å². The number of rotatable bonds is 7. The third kappa shape index (κ3) is 6.98. The number of halogens is 7. The number of aryl methyl sites for hydroxylation is 1. The van der Waals surface area contributed by atoms with Crippen LogP contribution in [0.5, 0.6) is 0 Å². The van der Waals surface area contributed by atoms with E-state index in [9.17, 15) is 45.1 Å². The Morgan fingerprint density at radius 1 is 0.953 bits per heavy atom. The lowest BCUT2D eigenvalue weighted by Gasteiger charge is -2.30. The number of carbonyl (C=O) groups excluding carboxylic acids is 3. The normalized spacial score (nSPS) is 16.0. The van der Waals surface area contributed by atoms with E-state index in [-0.39, 0.29) is 35.7 Å². The number of hydrogen-bond acceptors (Lipinski definition) is 3. The smallest absolute Gasteiger partial charge is 0.342 e. The van der Waals surface area contributed by atoms with Crippen molar-refractivity contribution in [3.63, 3.8) is 0 Å². The van der Waals surface area contributed by atoms with E-state index in [4.69, 9.17) is 0 Å². The summed E-state index contributed by atoms with van der Waals surface area (Å²) >= 11 is 0. The van der Waals surface area contributed by atoms with Crippen molar-refractivity contribution in [3.8, 4) is 0 Å². The molecule has 43 heavy (non-hydrogen) atoms. The van der Waals surface area contributed by atoms with Crippen molar-refractivity contribution in [1.29, 1.82) is 0 Å². The molecule has 1 aliphatic rings. The lowest BCUT2D eigenvalue weighted by Crippen LogP contribution is -2.55. The van der Waals surface area contributed by atoms with Crippen LogP contribution in [-0.2, 0) is 28.6 Å². The summed E-state index contributed by atoms with van der Waals surface area (Å²) in [5.41, 5.74) is -2.61. The highest BCUT2D eigenvalue weighted by Gasteiger charge is 2.38. The lowest BCUT2D eigenvalue weighted by atomic mass is 10.0. The van der Waals surface area contributed by atoms with Crippen molar-refractivity contribution in [2.45, 2.75) is 57.4 Å². The lowest BCUT2D eigenvalue weighted by molar-refractivity contribution is -0.138. The summed E-state index contributed by atoms with van der Waals surface area (Å²) in [6.45, 7) is 3.16. The number of alkyl halides is 3. The Hall–Kier alpha value is -4.42. The molecule has 0 saturated heterocycles. The van der Waals surface area contributed by atoms with Gasteiger partial charge < -0.3 is 15.5 Å². The number of benzene rings is 3. The van der Waals surface area contributed by atoms with Gasteiger partial charge in [-0.25, -0.2) is 17.6 Å². The Labute approximate surface area is 241 Å². The third-order valence-corrected chi connectivity index (χ3v) is 6.95. The van der Waals surface area contributed by atoms with Crippen LogP contribution in [0.3, 0.4) is 0 Å². The summed E-state index contributed by atoms with van der Waals surface area (Å²) in [5, 5.41) is 4.60. The van der Waals surface area contributed by atoms with Gasteiger partial charge in [0.25, 0.3) is 5.91 Å². The van der Waals surface area contributed by atoms with E-state index in [1.165, 1.54) is 18.2 Å². The number of anilines is 1. The van der Waals surface area contributed by atoms with Crippen molar-refractivity contribution >= 4 is 23.4 Å². The second-order valence-electron chi connectivity index (χ2n) is 10.3. The van der Waals surface area contributed by atoms with E-state index in [0.717, 1.165) is 17.0 Å². The molecule has 2 unspecified atom stereocenters. The van der Waals surface area contributed by atoms with E-state index >= 15 is 0 Å². The quantitative estimate of drug-likeness (QED) is 0.349. The van der Waals surface area contributed by atoms with Gasteiger partial charge in [-0.1, -0.05) is 18.2 Å². The molecule has 0 fully saturated rings. The number of nitrogens with one attached hydrogen (secondary N) is 2. The van der Waals surface area contributed by atoms with Gasteiger partial charge in [0.15, 0.2) is 0 Å². The van der Waals surface area contributed by atoms with Gasteiger partial charge in [-0.15, -0.1) is 0 Å². The molecule has 6 nitrogen and oxygen atoms in total. The molecule has 1 aliphatic heterocycles. The molecular weight excluding hydrogens is 583 g/mol. The minimum atomic E-state index is -5.12. The summed E-state index contributed by atoms with van der Waals surface area (Å²) < 4.78 is 97.7. The summed E-state index contributed by atoms with van der Waals surface area (Å²) in [7, 11) is 0. The van der Waals surface area contributed by atoms with Gasteiger partial charge in [-0.2, -0.15) is 13.2 Å². The molecule has 0 aromatic heterocycles. The van der Waals surface area contributed by atoms with Crippen molar-refractivity contribution in [2.24, 2.45) is 0 Å². The first kappa shape index (κ1) is 31.5. The first-order valence-corrected chi connectivity index (χ1v) is 13.2. The Balaban J connectivity index is 1.66. The molecule has 4 rings (SSSR count). The molecule has 2 N–H and O–H groups in total. The Morgan fingerprint density at radius 2 is 1.65 bits per heavy atom. The fraction of sp³-hybridized carbons (Fsp3) is 0.300. The zero-order chi connectivity index (χ0) is 31.6. The second kappa shape index (κ2) is 12.4. The fourth-order valence-corrected chi connectivity index (χ4v) is 4.98. The zero-order valence-electron chi connectivity index (χ0n) is 22.9. The van der Waals surface area contributed by atoms with Crippen LogP contribution in [0.4, 0.5) is 36.4 Å². The number of hydrogen-bond donors (Lipinski definition) is 2. The number of amides is 3. The average molecular weight is 610 g/mol. The molecule has 13 heteroatoms. The number of carbonyl (C=O) groups is 3. The molecule has 0 spiro atoms. The predicted octanol–water partition coefficient (Wildman–Crippen LogP) is 5.48. The highest BCUT2D eigenvalue weighted by Crippen LogP contribution is 2.34. The van der Waals surface area contributed by atoms with Gasteiger partial charge in [0, 0.05) is 18.5 Å². The van der Waals surface area contributed by atoms with E-state index in [2.05, 4.69) is 10.6 Å². The van der Waals surface area contributed by atoms with E-state index in [1.807, 2.05) is 0 Å². The van der Waals surface area contributed by atoms with Gasteiger partial charge in [0.1, 0.15) is 35.4 Å². The monoisotopic (exact) mass is 609 g/mol. The molecular formula is C30H26F7N3O3. The van der Waals surface area contributed by atoms with Gasteiger partial charge in [-0.05, 0) is 68.1 Å². The standard InChI is InChI=1S/C30H26F7N3O3/c1-15(2)40-26-17(11-19(32)14-23(26)34)7-10-24(29(40)43)38-28(42)25(12-16-5-3-4-6-22(16)33)39-27(41)20-9-8-18(31)13-21(20)30(35,36)37/h3-6,8-9,11,13-15,24-25H,7,10,12H2,1-2H3,(H,38,42)(H,39,41). The maximum atomic E-state index is 14.8. The number of fused-ring (bicyclic) bond motifs is 1. The van der Waals surface area contributed by atoms with Crippen LogP contribution in [0.25, 0.3) is 0 Å². The highest BCUT2D eigenvalue weighted by molar-refractivity contribution is 6.03. The topological polar surface area (TPSA) is 78.5 Å². The van der Waals surface area contributed by atoms with Gasteiger partial charge >= 0.3 is 6.18 Å². The van der Waals surface area contributed by atoms with Crippen molar-refractivity contribution < 1.29 is 45.1 Å². The first-order valence-electron chi connectivity index (χ1n) is 13.2. The summed E-state index contributed by atoms with van der Waals surface area (Å²) in [5.74, 6) is -7.05. The Bertz CT molecular complexity index is 1560. The van der Waals surface area contributed by atoms with E-state index in [1.54, 1.807) is 13.8 Å². The summed E-state index contributed by atoms with van der Waals surface area (Å²) in [6.07, 6.45) is -5.78. The van der Waals surface area contributed by atoms with Gasteiger partial charge in [0.05, 0.1) is 16.8 Å². The van der Waals surface area contributed by atoms with Crippen molar-refractivity contribution in [2.75, 3.05) is 4.90 Å². The predicted molar refractivity (Wildman–Crippen MR) is 142 cm³/mol. The maximum Gasteiger partial charge on any atom is 0.417 e. The van der Waals surface area contributed by atoms with Crippen LogP contribution in [-0.4, -0.2) is 35.8 Å². The molecule has 3 aromatic carbocycles. The van der Waals surface area contributed by atoms with Crippen LogP contribution in [0.15, 0.2) is 54.6 Å². The van der Waals surface area contributed by atoms with Crippen LogP contribution < -0.4 is 15.5 Å². The highest BCUT2D eigenvalue weighted by atomic mass is 19.4. The minimum Gasteiger partial charge on any atom is -0.342 e. The molecule has 3 amide bonds. The van der Waals surface area contributed by atoms with Crippen LogP contribution >= 0.6 is 0 Å². The molecule has 3 aromatic rings. The summed E-state index contributed by atoms with van der Waals surface area (Å²) in [4.78, 5) is 41.1. The molecule has 1 heterocycles. The molecule has 0 saturated carbocycles. The van der Waals surface area contributed by atoms with Crippen LogP contribution in [0.1, 0.15) is 47.3 Å². The first-order chi connectivity index (χ1) is 20.2. The third-order valence-electron chi connectivity index (χ3n) is 6.95. The fourth-order valence-electron chi connectivity index (χ4n) is 4.98. The maximum absolute atomic E-state index is 14.8. The minimum absolute atomic E-state index is 0.0290. The van der Waals surface area contributed by atoms with Crippen LogP contribution in [0.2, 0.25) is 0 Å². The van der Waals surface area contributed by atoms with E-state index in [0.29, 0.717) is 18.2 Å². The Kier molecular flexibility index (Phi) is 9.12. The second-order valence-corrected chi connectivity index (χ2v) is 10.3. The molecule has 2 atom stereocenters. The average Bonchev–Trinajstić information content (AvgIpc) is 3.05. The zero-order valence-corrected chi connectivity index (χ0v) is 22.9. The summed E-state index contributed by atoms with van der Waals surface area (Å²) in [6, 6.07) is 4.62. The SMILES string of the molecule is CC(C)N1C(=O)C(NC(=O)C(Cc2ccccc2F)NC(=O)c2ccc(F)cc2C(F)(F)F)CCc2cc(F)cc(F)c21. The molecule has 0 radical (unpaired) electrons. The number of nitrogens with zero attached hydrogens (tertiary/aromatic N) is 1. The molecule has 0 bridgehead atoms. The van der Waals surface area contributed by atoms with Gasteiger partial charge in [-0.3, -0.25) is 14.4 Å². The largest absolute Gasteiger partial charge is 0.417 e.